The van der Waals surface area contributed by atoms with Crippen molar-refractivity contribution in [2.75, 3.05) is 5.75 Å². The Morgan fingerprint density at radius 2 is 1.82 bits per heavy atom. The van der Waals surface area contributed by atoms with Crippen LogP contribution in [0.2, 0.25) is 0 Å². The summed E-state index contributed by atoms with van der Waals surface area (Å²) in [6, 6.07) is 11.4. The Kier molecular flexibility index (Phi) is 3.31. The molecule has 90 valence electrons. The van der Waals surface area contributed by atoms with Crippen LogP contribution in [-0.2, 0) is 16.5 Å². The molecule has 2 rings (SSSR count). The molecule has 1 heterocycles. The van der Waals surface area contributed by atoms with Crippen LogP contribution in [0.3, 0.4) is 0 Å². The van der Waals surface area contributed by atoms with Gasteiger partial charge in [0, 0.05) is 18.1 Å². The number of hydrogen-bond acceptors (Lipinski definition) is 2. The normalized spacial score (nSPS) is 11.6. The molecule has 2 aromatic rings. The average molecular weight is 251 g/mol. The van der Waals surface area contributed by atoms with Gasteiger partial charge in [0.05, 0.1) is 5.75 Å². The molecule has 0 saturated heterocycles. The highest BCUT2D eigenvalue weighted by atomic mass is 32.2. The highest BCUT2D eigenvalue weighted by molar-refractivity contribution is 7.85. The summed E-state index contributed by atoms with van der Waals surface area (Å²) < 4.78 is 32.0. The molecule has 0 unspecified atom stereocenters. The topological polar surface area (TPSA) is 59.3 Å². The van der Waals surface area contributed by atoms with Crippen molar-refractivity contribution in [3.8, 4) is 5.69 Å². The number of benzene rings is 1. The molecular formula is C12H13NO3S. The molecule has 0 atom stereocenters. The van der Waals surface area contributed by atoms with Crippen LogP contribution in [0.25, 0.3) is 5.69 Å². The molecule has 17 heavy (non-hydrogen) atoms. The van der Waals surface area contributed by atoms with Crippen LogP contribution < -0.4 is 0 Å². The van der Waals surface area contributed by atoms with E-state index < -0.39 is 10.1 Å². The highest BCUT2D eigenvalue weighted by Crippen LogP contribution is 2.11. The molecular weight excluding hydrogens is 238 g/mol. The predicted octanol–water partition coefficient (Wildman–Crippen LogP) is 1.91. The quantitative estimate of drug-likeness (QED) is 0.844. The van der Waals surface area contributed by atoms with Gasteiger partial charge in [-0.15, -0.1) is 0 Å². The van der Waals surface area contributed by atoms with Crippen molar-refractivity contribution in [3.05, 3.63) is 54.4 Å². The molecule has 0 radical (unpaired) electrons. The third-order valence-corrected chi connectivity index (χ3v) is 3.18. The van der Waals surface area contributed by atoms with Crippen LogP contribution in [0.5, 0.6) is 0 Å². The van der Waals surface area contributed by atoms with E-state index in [2.05, 4.69) is 0 Å². The zero-order chi connectivity index (χ0) is 12.3. The molecule has 1 aromatic heterocycles. The summed E-state index contributed by atoms with van der Waals surface area (Å²) >= 11 is 0. The standard InChI is InChI=1S/C12H13NO3S/c14-17(15,16)9-6-11-4-3-5-12(10-11)13-7-1-2-8-13/h1-5,7-8,10H,6,9H2,(H,14,15,16). The van der Waals surface area contributed by atoms with Gasteiger partial charge in [-0.1, -0.05) is 12.1 Å². The summed E-state index contributed by atoms with van der Waals surface area (Å²) in [5, 5.41) is 0. The first-order chi connectivity index (χ1) is 8.04. The molecule has 4 nitrogen and oxygen atoms in total. The molecule has 0 aliphatic heterocycles. The van der Waals surface area contributed by atoms with Gasteiger partial charge in [0.15, 0.2) is 0 Å². The third kappa shape index (κ3) is 3.44. The Hall–Kier alpha value is -1.59. The molecule has 1 aromatic carbocycles. The summed E-state index contributed by atoms with van der Waals surface area (Å²) in [4.78, 5) is 0. The van der Waals surface area contributed by atoms with Gasteiger partial charge in [-0.2, -0.15) is 8.42 Å². The number of hydrogen-bond donors (Lipinski definition) is 1. The van der Waals surface area contributed by atoms with Gasteiger partial charge in [0.2, 0.25) is 0 Å². The lowest BCUT2D eigenvalue weighted by Crippen LogP contribution is -2.06. The van der Waals surface area contributed by atoms with Gasteiger partial charge in [-0.05, 0) is 36.2 Å². The van der Waals surface area contributed by atoms with Crippen LogP contribution >= 0.6 is 0 Å². The van der Waals surface area contributed by atoms with Crippen molar-refractivity contribution in [2.45, 2.75) is 6.42 Å². The maximum absolute atomic E-state index is 10.7. The molecule has 0 aliphatic carbocycles. The lowest BCUT2D eigenvalue weighted by molar-refractivity contribution is 0.482. The molecule has 0 bridgehead atoms. The van der Waals surface area contributed by atoms with Crippen molar-refractivity contribution in [1.82, 2.24) is 4.57 Å². The van der Waals surface area contributed by atoms with Gasteiger partial charge in [0.1, 0.15) is 0 Å². The Morgan fingerprint density at radius 3 is 2.47 bits per heavy atom. The van der Waals surface area contributed by atoms with Gasteiger partial charge in [0.25, 0.3) is 10.1 Å². The fourth-order valence-electron chi connectivity index (χ4n) is 1.63. The van der Waals surface area contributed by atoms with Gasteiger partial charge in [-0.25, -0.2) is 0 Å². The lowest BCUT2D eigenvalue weighted by Gasteiger charge is -2.05. The Labute approximate surface area is 100 Å². The van der Waals surface area contributed by atoms with E-state index in [1.165, 1.54) is 0 Å². The van der Waals surface area contributed by atoms with E-state index in [4.69, 9.17) is 4.55 Å². The van der Waals surface area contributed by atoms with E-state index in [0.717, 1.165) is 11.3 Å². The fraction of sp³-hybridized carbons (Fsp3) is 0.167. The van der Waals surface area contributed by atoms with Crippen molar-refractivity contribution in [1.29, 1.82) is 0 Å². The van der Waals surface area contributed by atoms with Crippen molar-refractivity contribution in [2.24, 2.45) is 0 Å². The molecule has 1 N–H and O–H groups in total. The smallest absolute Gasteiger partial charge is 0.265 e. The first-order valence-electron chi connectivity index (χ1n) is 5.22. The van der Waals surface area contributed by atoms with E-state index in [9.17, 15) is 8.42 Å². The van der Waals surface area contributed by atoms with Crippen LogP contribution in [0.1, 0.15) is 5.56 Å². The van der Waals surface area contributed by atoms with Crippen LogP contribution in [0.4, 0.5) is 0 Å². The maximum atomic E-state index is 10.7. The molecule has 0 aliphatic rings. The van der Waals surface area contributed by atoms with Crippen LogP contribution in [-0.4, -0.2) is 23.3 Å². The van der Waals surface area contributed by atoms with Gasteiger partial charge >= 0.3 is 0 Å². The Morgan fingerprint density at radius 1 is 1.12 bits per heavy atom. The van der Waals surface area contributed by atoms with Crippen LogP contribution in [0, 0.1) is 0 Å². The van der Waals surface area contributed by atoms with Crippen molar-refractivity contribution in [3.63, 3.8) is 0 Å². The van der Waals surface area contributed by atoms with Gasteiger partial charge < -0.3 is 4.57 Å². The minimum absolute atomic E-state index is 0.248. The fourth-order valence-corrected chi connectivity index (χ4v) is 2.12. The number of nitrogens with zero attached hydrogens (tertiary/aromatic N) is 1. The summed E-state index contributed by atoms with van der Waals surface area (Å²) in [5.41, 5.74) is 1.86. The maximum Gasteiger partial charge on any atom is 0.265 e. The summed E-state index contributed by atoms with van der Waals surface area (Å²) in [6.07, 6.45) is 4.15. The minimum atomic E-state index is -3.90. The number of aromatic nitrogens is 1. The van der Waals surface area contributed by atoms with E-state index in [-0.39, 0.29) is 5.75 Å². The van der Waals surface area contributed by atoms with E-state index in [1.807, 2.05) is 53.4 Å². The highest BCUT2D eigenvalue weighted by Gasteiger charge is 2.05. The summed E-state index contributed by atoms with van der Waals surface area (Å²) in [6.45, 7) is 0. The van der Waals surface area contributed by atoms with E-state index in [1.54, 1.807) is 0 Å². The monoisotopic (exact) mass is 251 g/mol. The summed E-state index contributed by atoms with van der Waals surface area (Å²) in [5.74, 6) is -0.248. The molecule has 0 amide bonds. The second kappa shape index (κ2) is 4.73. The largest absolute Gasteiger partial charge is 0.324 e. The average Bonchev–Trinajstić information content (AvgIpc) is 2.79. The zero-order valence-corrected chi connectivity index (χ0v) is 9.97. The van der Waals surface area contributed by atoms with Crippen molar-refractivity contribution < 1.29 is 13.0 Å². The van der Waals surface area contributed by atoms with E-state index >= 15 is 0 Å². The zero-order valence-electron chi connectivity index (χ0n) is 9.15. The first-order valence-corrected chi connectivity index (χ1v) is 6.83. The van der Waals surface area contributed by atoms with Gasteiger partial charge in [-0.3, -0.25) is 4.55 Å². The molecule has 5 heteroatoms. The Bertz CT molecular complexity index is 588. The molecule has 0 spiro atoms. The summed E-state index contributed by atoms with van der Waals surface area (Å²) in [7, 11) is -3.90. The second-order valence-corrected chi connectivity index (χ2v) is 5.37. The number of rotatable bonds is 4. The SMILES string of the molecule is O=S(=O)(O)CCc1cccc(-n2cccc2)c1. The number of aryl methyl sites for hydroxylation is 1. The first kappa shape index (κ1) is 11.9. The predicted molar refractivity (Wildman–Crippen MR) is 65.9 cm³/mol. The molecule has 0 fully saturated rings. The Balaban J connectivity index is 2.18. The minimum Gasteiger partial charge on any atom is -0.324 e. The third-order valence-electron chi connectivity index (χ3n) is 2.46. The van der Waals surface area contributed by atoms with Crippen LogP contribution in [0.15, 0.2) is 48.8 Å². The van der Waals surface area contributed by atoms with Crippen molar-refractivity contribution >= 4 is 10.1 Å². The second-order valence-electron chi connectivity index (χ2n) is 3.80. The van der Waals surface area contributed by atoms with E-state index in [0.29, 0.717) is 6.42 Å². The molecule has 0 saturated carbocycles. The lowest BCUT2D eigenvalue weighted by atomic mass is 10.1.